The number of aromatic amines is 1. The number of halogens is 2. The fourth-order valence-electron chi connectivity index (χ4n) is 7.01. The second-order valence-corrected chi connectivity index (χ2v) is 11.9. The lowest BCUT2D eigenvalue weighted by atomic mass is 9.56. The fraction of sp³-hybridized carbons (Fsp3) is 0.640. The van der Waals surface area contributed by atoms with Gasteiger partial charge in [0.05, 0.1) is 0 Å². The topological polar surface area (TPSA) is 85.3 Å². The summed E-state index contributed by atoms with van der Waals surface area (Å²) in [5.41, 5.74) is 0.203. The van der Waals surface area contributed by atoms with Gasteiger partial charge < -0.3 is 14.9 Å². The fourth-order valence-corrected chi connectivity index (χ4v) is 7.01. The van der Waals surface area contributed by atoms with Crippen LogP contribution in [-0.4, -0.2) is 62.3 Å². The predicted octanol–water partition coefficient (Wildman–Crippen LogP) is 3.32. The van der Waals surface area contributed by atoms with E-state index in [0.717, 1.165) is 76.6 Å². The molecule has 0 unspecified atom stereocenters. The van der Waals surface area contributed by atoms with Crippen LogP contribution in [0.1, 0.15) is 61.7 Å². The number of nitrogens with zero attached hydrogens (tertiary/aromatic N) is 4. The van der Waals surface area contributed by atoms with E-state index in [1.165, 1.54) is 6.07 Å². The Morgan fingerprint density at radius 2 is 1.71 bits per heavy atom. The minimum atomic E-state index is -0.804. The van der Waals surface area contributed by atoms with Crippen molar-refractivity contribution < 1.29 is 18.7 Å². The standard InChI is InChI=1S/C25H29F2N5O2/c26-18-2-1-16(19(27)6-18)5-15-7-23(8-15)11-31(12-23)22(33)32-13-24(14-32)9-17(10-24)20-28-21(30-29-20)25(34)3-4-25/h1-2,6,15,17,34H,3-5,7-14H2,(H,28,29,30). The van der Waals surface area contributed by atoms with Crippen LogP contribution in [-0.2, 0) is 12.0 Å². The minimum Gasteiger partial charge on any atom is -0.382 e. The lowest BCUT2D eigenvalue weighted by Gasteiger charge is -2.63. The van der Waals surface area contributed by atoms with Crippen molar-refractivity contribution in [2.45, 2.75) is 56.5 Å². The van der Waals surface area contributed by atoms with Gasteiger partial charge >= 0.3 is 6.03 Å². The van der Waals surface area contributed by atoms with E-state index in [2.05, 4.69) is 15.2 Å². The Labute approximate surface area is 196 Å². The molecule has 7 nitrogen and oxygen atoms in total. The summed E-state index contributed by atoms with van der Waals surface area (Å²) in [4.78, 5) is 21.3. The Hall–Kier alpha value is -2.55. The third-order valence-electron chi connectivity index (χ3n) is 9.00. The number of H-pyrrole nitrogens is 1. The van der Waals surface area contributed by atoms with E-state index >= 15 is 0 Å². The number of rotatable bonds is 4. The summed E-state index contributed by atoms with van der Waals surface area (Å²) in [6, 6.07) is 3.97. The smallest absolute Gasteiger partial charge is 0.320 e. The highest BCUT2D eigenvalue weighted by Gasteiger charge is 2.59. The van der Waals surface area contributed by atoms with Crippen molar-refractivity contribution >= 4 is 6.03 Å². The molecule has 2 saturated heterocycles. The van der Waals surface area contributed by atoms with Gasteiger partial charge in [0.25, 0.3) is 0 Å². The van der Waals surface area contributed by atoms with E-state index in [1.54, 1.807) is 6.07 Å². The van der Waals surface area contributed by atoms with Crippen molar-refractivity contribution in [2.75, 3.05) is 26.2 Å². The molecule has 34 heavy (non-hydrogen) atoms. The van der Waals surface area contributed by atoms with Crippen LogP contribution in [0.25, 0.3) is 0 Å². The number of nitrogens with one attached hydrogen (secondary N) is 1. The van der Waals surface area contributed by atoms with Crippen LogP contribution in [0.4, 0.5) is 13.6 Å². The Morgan fingerprint density at radius 1 is 1.06 bits per heavy atom. The highest BCUT2D eigenvalue weighted by Crippen LogP contribution is 2.57. The third kappa shape index (κ3) is 3.19. The van der Waals surface area contributed by atoms with Crippen molar-refractivity contribution in [3.05, 3.63) is 47.0 Å². The number of hydrogen-bond donors (Lipinski definition) is 2. The molecular weight excluding hydrogens is 440 g/mol. The number of carbonyl (C=O) groups is 1. The average Bonchev–Trinajstić information content (AvgIpc) is 3.23. The molecular formula is C25H29F2N5O2. The largest absolute Gasteiger partial charge is 0.382 e. The average molecular weight is 470 g/mol. The van der Waals surface area contributed by atoms with Crippen LogP contribution in [0.3, 0.4) is 0 Å². The first-order valence-corrected chi connectivity index (χ1v) is 12.4. The van der Waals surface area contributed by atoms with E-state index < -0.39 is 17.2 Å². The van der Waals surface area contributed by atoms with E-state index in [4.69, 9.17) is 0 Å². The van der Waals surface area contributed by atoms with Gasteiger partial charge in [0, 0.05) is 49.0 Å². The number of hydrogen-bond acceptors (Lipinski definition) is 4. The second kappa shape index (κ2) is 6.77. The molecule has 2 spiro atoms. The molecule has 1 aromatic heterocycles. The number of amides is 2. The van der Waals surface area contributed by atoms with Crippen molar-refractivity contribution in [2.24, 2.45) is 16.7 Å². The minimum absolute atomic E-state index is 0.144. The molecule has 5 fully saturated rings. The van der Waals surface area contributed by atoms with Crippen LogP contribution in [0.15, 0.2) is 18.2 Å². The number of aromatic nitrogens is 3. The lowest BCUT2D eigenvalue weighted by Crippen LogP contribution is -2.71. The van der Waals surface area contributed by atoms with Gasteiger partial charge in [-0.25, -0.2) is 18.6 Å². The first kappa shape index (κ1) is 20.8. The molecule has 180 valence electrons. The Balaban J connectivity index is 0.857. The summed E-state index contributed by atoms with van der Waals surface area (Å²) in [6.07, 6.45) is 6.15. The molecule has 5 aliphatic rings. The highest BCUT2D eigenvalue weighted by molar-refractivity contribution is 5.77. The van der Waals surface area contributed by atoms with Gasteiger partial charge in [-0.3, -0.25) is 5.10 Å². The zero-order valence-corrected chi connectivity index (χ0v) is 19.1. The van der Waals surface area contributed by atoms with E-state index in [-0.39, 0.29) is 16.9 Å². The zero-order valence-electron chi connectivity index (χ0n) is 19.1. The molecule has 0 atom stereocenters. The molecule has 2 N–H and O–H groups in total. The molecule has 3 saturated carbocycles. The first-order chi connectivity index (χ1) is 16.2. The van der Waals surface area contributed by atoms with Crippen molar-refractivity contribution in [3.63, 3.8) is 0 Å². The number of likely N-dealkylation sites (tertiary alicyclic amines) is 2. The molecule has 3 aliphatic carbocycles. The van der Waals surface area contributed by atoms with Crippen molar-refractivity contribution in [3.8, 4) is 0 Å². The summed E-state index contributed by atoms with van der Waals surface area (Å²) in [5.74, 6) is 1.15. The van der Waals surface area contributed by atoms with Gasteiger partial charge in [0.2, 0.25) is 0 Å². The summed E-state index contributed by atoms with van der Waals surface area (Å²) in [6.45, 7) is 3.21. The zero-order chi connectivity index (χ0) is 23.3. The van der Waals surface area contributed by atoms with Crippen LogP contribution in [0, 0.1) is 28.4 Å². The molecule has 0 radical (unpaired) electrons. The number of aliphatic hydroxyl groups is 1. The maximum absolute atomic E-state index is 13.9. The normalized spacial score (nSPS) is 26.1. The molecule has 1 aromatic carbocycles. The van der Waals surface area contributed by atoms with Gasteiger partial charge in [-0.05, 0) is 62.5 Å². The predicted molar refractivity (Wildman–Crippen MR) is 118 cm³/mol. The van der Waals surface area contributed by atoms with Crippen LogP contribution >= 0.6 is 0 Å². The Kier molecular flexibility index (Phi) is 4.14. The molecule has 2 aliphatic heterocycles. The maximum Gasteiger partial charge on any atom is 0.320 e. The van der Waals surface area contributed by atoms with Gasteiger partial charge in [0.1, 0.15) is 23.1 Å². The maximum atomic E-state index is 13.9. The number of benzene rings is 1. The second-order valence-electron chi connectivity index (χ2n) is 11.9. The van der Waals surface area contributed by atoms with Crippen LogP contribution in [0.2, 0.25) is 0 Å². The molecule has 0 bridgehead atoms. The molecule has 7 rings (SSSR count). The molecule has 9 heteroatoms. The van der Waals surface area contributed by atoms with Crippen molar-refractivity contribution in [1.29, 1.82) is 0 Å². The third-order valence-corrected chi connectivity index (χ3v) is 9.00. The summed E-state index contributed by atoms with van der Waals surface area (Å²) >= 11 is 0. The first-order valence-electron chi connectivity index (χ1n) is 12.4. The quantitative estimate of drug-likeness (QED) is 0.720. The van der Waals surface area contributed by atoms with Gasteiger partial charge in [-0.2, -0.15) is 5.10 Å². The van der Waals surface area contributed by atoms with Crippen molar-refractivity contribution in [1.82, 2.24) is 25.0 Å². The van der Waals surface area contributed by atoms with Crippen LogP contribution in [0.5, 0.6) is 0 Å². The number of carbonyl (C=O) groups excluding carboxylic acids is 1. The van der Waals surface area contributed by atoms with E-state index in [9.17, 15) is 18.7 Å². The summed E-state index contributed by atoms with van der Waals surface area (Å²) < 4.78 is 27.0. The highest BCUT2D eigenvalue weighted by atomic mass is 19.1. The molecule has 2 amide bonds. The lowest BCUT2D eigenvalue weighted by molar-refractivity contribution is -0.100. The monoisotopic (exact) mass is 469 g/mol. The van der Waals surface area contributed by atoms with E-state index in [1.807, 2.05) is 9.80 Å². The summed E-state index contributed by atoms with van der Waals surface area (Å²) in [7, 11) is 0. The van der Waals surface area contributed by atoms with Crippen LogP contribution < -0.4 is 0 Å². The Bertz CT molecular complexity index is 1150. The Morgan fingerprint density at radius 3 is 2.32 bits per heavy atom. The van der Waals surface area contributed by atoms with Gasteiger partial charge in [-0.15, -0.1) is 0 Å². The van der Waals surface area contributed by atoms with E-state index in [0.29, 0.717) is 29.6 Å². The molecule has 3 heterocycles. The SMILES string of the molecule is O=C(N1CC2(CC(Cc3ccc(F)cc3F)C2)C1)N1CC2(CC(c3nc(C4(O)CC4)n[nH]3)C2)C1. The summed E-state index contributed by atoms with van der Waals surface area (Å²) in [5, 5.41) is 17.4. The number of urea groups is 1. The molecule has 2 aromatic rings. The van der Waals surface area contributed by atoms with Gasteiger partial charge in [0.15, 0.2) is 5.82 Å². The van der Waals surface area contributed by atoms with Gasteiger partial charge in [-0.1, -0.05) is 6.07 Å².